The largest absolute Gasteiger partial charge is 0.530 e. The summed E-state index contributed by atoms with van der Waals surface area (Å²) in [5.74, 6) is 0.992. The molecule has 1 aliphatic rings. The number of aromatic nitrogens is 4. The van der Waals surface area contributed by atoms with Crippen molar-refractivity contribution in [2.45, 2.75) is 123 Å². The molecule has 12 nitrogen and oxygen atoms in total. The van der Waals surface area contributed by atoms with Crippen LogP contribution in [0.3, 0.4) is 0 Å². The molecule has 246 valence electrons. The average molecular weight is 708 g/mol. The molecule has 0 saturated carbocycles. The summed E-state index contributed by atoms with van der Waals surface area (Å²) >= 11 is 0. The zero-order valence-electron chi connectivity index (χ0n) is 28.8. The van der Waals surface area contributed by atoms with Crippen LogP contribution >= 0.6 is 7.82 Å². The fourth-order valence-electron chi connectivity index (χ4n) is 4.36. The molecule has 3 rings (SSSR count). The molecule has 3 heterocycles. The predicted octanol–water partition coefficient (Wildman–Crippen LogP) is 7.62. The average Bonchev–Trinajstić information content (AvgIpc) is 3.29. The molecule has 0 aliphatic carbocycles. The molecule has 1 fully saturated rings. The van der Waals surface area contributed by atoms with Crippen molar-refractivity contribution >= 4 is 66.4 Å². The second-order valence-corrected chi connectivity index (χ2v) is 40.8. The SMILES string of the molecule is C[Si](C)(C)Nc1nc(O[Si](C)(C)C)c2ncn([C@H]3C[C@H](O[Si](C)(C)C)[C@@H](COP(=O)(O[Si](C)(C)C)O[Si](C)(C)C)O3)c2n1. The molecule has 0 radical (unpaired) electrons. The molecule has 0 bridgehead atoms. The number of anilines is 1. The number of hydrogen-bond donors (Lipinski definition) is 1. The van der Waals surface area contributed by atoms with Crippen LogP contribution in [0.2, 0.25) is 98.2 Å². The first-order valence-electron chi connectivity index (χ1n) is 14.9. The Kier molecular flexibility index (Phi) is 10.9. The topological polar surface area (TPSA) is 128 Å². The van der Waals surface area contributed by atoms with E-state index in [4.69, 9.17) is 36.5 Å². The van der Waals surface area contributed by atoms with Crippen molar-refractivity contribution in [2.75, 3.05) is 11.6 Å². The van der Waals surface area contributed by atoms with Gasteiger partial charge in [0.15, 0.2) is 36.1 Å². The second-order valence-electron chi connectivity index (χ2n) is 16.0. The van der Waals surface area contributed by atoms with Crippen LogP contribution in [0.1, 0.15) is 12.6 Å². The quantitative estimate of drug-likeness (QED) is 0.154. The van der Waals surface area contributed by atoms with E-state index in [9.17, 15) is 4.57 Å². The van der Waals surface area contributed by atoms with E-state index < -0.39 is 61.7 Å². The van der Waals surface area contributed by atoms with Crippen molar-refractivity contribution in [3.63, 3.8) is 0 Å². The first-order valence-corrected chi connectivity index (χ1v) is 33.5. The maximum Gasteiger partial charge on any atom is 0.455 e. The monoisotopic (exact) mass is 707 g/mol. The summed E-state index contributed by atoms with van der Waals surface area (Å²) in [5.41, 5.74) is 1.21. The Morgan fingerprint density at radius 2 is 1.47 bits per heavy atom. The third-order valence-corrected chi connectivity index (χ3v) is 14.9. The molecule has 0 spiro atoms. The highest BCUT2D eigenvalue weighted by atomic mass is 31.2. The summed E-state index contributed by atoms with van der Waals surface area (Å²) < 4.78 is 53.4. The van der Waals surface area contributed by atoms with Crippen LogP contribution in [0, 0.1) is 0 Å². The number of hydrogen-bond acceptors (Lipinski definition) is 11. The molecule has 3 atom stereocenters. The number of fused-ring (bicyclic) bond motifs is 1. The van der Waals surface area contributed by atoms with Gasteiger partial charge >= 0.3 is 7.82 Å². The standard InChI is InChI=1S/C25H54N5O7PSi5/c1-39(2,3)29-25-27-23-22(24(28-25)35-41(7,8)9)26-18-30(23)21-16-19(34-40(4,5)6)20(33-21)17-32-38(31,36-42(10,11)12)37-43(13,14)15/h18-21H,16-17H2,1-15H3,(H,27,28,29)/t19-,20+,21+/m0/s1. The molecule has 1 aliphatic heterocycles. The fraction of sp³-hybridized carbons (Fsp3) is 0.800. The van der Waals surface area contributed by atoms with E-state index in [0.717, 1.165) is 0 Å². The molecule has 0 aromatic carbocycles. The van der Waals surface area contributed by atoms with Gasteiger partial charge < -0.3 is 27.0 Å². The van der Waals surface area contributed by atoms with E-state index in [2.05, 4.69) is 68.9 Å². The van der Waals surface area contributed by atoms with E-state index in [-0.39, 0.29) is 12.7 Å². The zero-order valence-corrected chi connectivity index (χ0v) is 34.7. The maximum absolute atomic E-state index is 13.8. The van der Waals surface area contributed by atoms with Crippen LogP contribution < -0.4 is 9.41 Å². The van der Waals surface area contributed by atoms with Crippen LogP contribution in [-0.4, -0.2) is 79.8 Å². The third-order valence-electron chi connectivity index (χ3n) is 5.44. The first kappa shape index (κ1) is 36.7. The van der Waals surface area contributed by atoms with Crippen molar-refractivity contribution in [3.8, 4) is 5.88 Å². The minimum Gasteiger partial charge on any atom is -0.530 e. The van der Waals surface area contributed by atoms with Crippen LogP contribution in [0.4, 0.5) is 5.95 Å². The van der Waals surface area contributed by atoms with Gasteiger partial charge in [0.05, 0.1) is 19.0 Å². The van der Waals surface area contributed by atoms with E-state index in [1.807, 2.05) is 43.8 Å². The van der Waals surface area contributed by atoms with Gasteiger partial charge in [-0.2, -0.15) is 9.97 Å². The van der Waals surface area contributed by atoms with Crippen molar-refractivity contribution in [1.82, 2.24) is 19.5 Å². The molecule has 43 heavy (non-hydrogen) atoms. The molecule has 1 saturated heterocycles. The normalized spacial score (nSPS) is 21.0. The Balaban J connectivity index is 1.98. The van der Waals surface area contributed by atoms with Gasteiger partial charge in [0.1, 0.15) is 20.6 Å². The van der Waals surface area contributed by atoms with Gasteiger partial charge in [-0.05, 0) is 78.6 Å². The Labute approximate surface area is 263 Å². The van der Waals surface area contributed by atoms with Crippen molar-refractivity contribution in [3.05, 3.63) is 6.33 Å². The predicted molar refractivity (Wildman–Crippen MR) is 185 cm³/mol. The third kappa shape index (κ3) is 11.9. The maximum atomic E-state index is 13.8. The first-order chi connectivity index (χ1) is 19.2. The summed E-state index contributed by atoms with van der Waals surface area (Å²) in [6.45, 7) is 31.1. The summed E-state index contributed by atoms with van der Waals surface area (Å²) in [6.07, 6.45) is 1.03. The van der Waals surface area contributed by atoms with E-state index in [1.165, 1.54) is 0 Å². The van der Waals surface area contributed by atoms with Crippen LogP contribution in [0.15, 0.2) is 6.33 Å². The lowest BCUT2D eigenvalue weighted by molar-refractivity contribution is -0.0390. The summed E-state index contributed by atoms with van der Waals surface area (Å²) in [4.78, 5) is 17.8. The molecule has 18 heteroatoms. The lowest BCUT2D eigenvalue weighted by Crippen LogP contribution is -2.38. The molecule has 0 unspecified atom stereocenters. The van der Waals surface area contributed by atoms with Gasteiger partial charge in [0.2, 0.25) is 20.1 Å². The highest BCUT2D eigenvalue weighted by Crippen LogP contribution is 2.54. The van der Waals surface area contributed by atoms with Crippen LogP contribution in [-0.2, 0) is 26.7 Å². The lowest BCUT2D eigenvalue weighted by Gasteiger charge is -2.31. The Hall–Kier alpha value is -0.736. The van der Waals surface area contributed by atoms with Gasteiger partial charge in [0, 0.05) is 6.42 Å². The number of rotatable bonds is 14. The summed E-state index contributed by atoms with van der Waals surface area (Å²) in [5, 5.41) is 0. The Bertz CT molecular complexity index is 1300. The van der Waals surface area contributed by atoms with Crippen molar-refractivity contribution in [2.24, 2.45) is 0 Å². The van der Waals surface area contributed by atoms with Crippen molar-refractivity contribution in [1.29, 1.82) is 0 Å². The molecular formula is C25H54N5O7PSi5. The number of ether oxygens (including phenoxy) is 1. The molecule has 0 amide bonds. The van der Waals surface area contributed by atoms with Gasteiger partial charge in [0.25, 0.3) is 0 Å². The molecular weight excluding hydrogens is 654 g/mol. The van der Waals surface area contributed by atoms with Gasteiger partial charge in [-0.3, -0.25) is 9.09 Å². The van der Waals surface area contributed by atoms with Crippen LogP contribution in [0.25, 0.3) is 11.2 Å². The number of nitrogens with zero attached hydrogens (tertiary/aromatic N) is 4. The molecule has 1 N–H and O–H groups in total. The number of nitrogens with one attached hydrogen (secondary N) is 1. The van der Waals surface area contributed by atoms with E-state index in [0.29, 0.717) is 29.4 Å². The van der Waals surface area contributed by atoms with E-state index in [1.54, 1.807) is 6.33 Å². The van der Waals surface area contributed by atoms with Crippen molar-refractivity contribution < 1.29 is 31.1 Å². The Morgan fingerprint density at radius 1 is 0.884 bits per heavy atom. The minimum atomic E-state index is -3.82. The summed E-state index contributed by atoms with van der Waals surface area (Å²) in [7, 11) is -14.1. The number of phosphoric acid groups is 1. The summed E-state index contributed by atoms with van der Waals surface area (Å²) in [6, 6.07) is 0. The second kappa shape index (κ2) is 12.8. The highest BCUT2D eigenvalue weighted by Gasteiger charge is 2.44. The number of imidazole rings is 1. The van der Waals surface area contributed by atoms with E-state index >= 15 is 0 Å². The van der Waals surface area contributed by atoms with Crippen LogP contribution in [0.5, 0.6) is 5.88 Å². The highest BCUT2D eigenvalue weighted by molar-refractivity contribution is 7.52. The Morgan fingerprint density at radius 3 is 1.95 bits per heavy atom. The minimum absolute atomic E-state index is 0.00587. The molecule has 2 aromatic rings. The van der Waals surface area contributed by atoms with Gasteiger partial charge in [-0.25, -0.2) is 9.55 Å². The molecule has 2 aromatic heterocycles. The fourth-order valence-corrected chi connectivity index (χ4v) is 13.6. The zero-order chi connectivity index (χ0) is 32.8. The van der Waals surface area contributed by atoms with Gasteiger partial charge in [-0.15, -0.1) is 0 Å². The van der Waals surface area contributed by atoms with Gasteiger partial charge in [-0.1, -0.05) is 19.6 Å². The lowest BCUT2D eigenvalue weighted by atomic mass is 10.2. The smallest absolute Gasteiger partial charge is 0.455 e.